The highest BCUT2D eigenvalue weighted by atomic mass is 16.5. The zero-order valence-electron chi connectivity index (χ0n) is 7.88. The van der Waals surface area contributed by atoms with Gasteiger partial charge in [-0.25, -0.2) is 0 Å². The normalized spacial score (nSPS) is 43.2. The van der Waals surface area contributed by atoms with Gasteiger partial charge >= 0.3 is 0 Å². The van der Waals surface area contributed by atoms with Crippen molar-refractivity contribution in [2.45, 2.75) is 19.8 Å². The van der Waals surface area contributed by atoms with E-state index in [-0.39, 0.29) is 0 Å². The summed E-state index contributed by atoms with van der Waals surface area (Å²) in [7, 11) is 0. The average Bonchev–Trinajstić information content (AvgIpc) is 2.56. The largest absolute Gasteiger partial charge is 0.381 e. The van der Waals surface area contributed by atoms with Crippen molar-refractivity contribution in [3.05, 3.63) is 0 Å². The monoisotopic (exact) mass is 169 g/mol. The molecule has 2 saturated heterocycles. The van der Waals surface area contributed by atoms with Crippen LogP contribution >= 0.6 is 0 Å². The summed E-state index contributed by atoms with van der Waals surface area (Å²) in [5.74, 6) is 2.60. The Morgan fingerprint density at radius 2 is 2.17 bits per heavy atom. The smallest absolute Gasteiger partial charge is 0.0498 e. The van der Waals surface area contributed by atoms with Crippen LogP contribution in [0.15, 0.2) is 0 Å². The van der Waals surface area contributed by atoms with Gasteiger partial charge in [0.1, 0.15) is 0 Å². The van der Waals surface area contributed by atoms with Crippen molar-refractivity contribution < 1.29 is 4.74 Å². The molecule has 3 atom stereocenters. The Labute approximate surface area is 74.7 Å². The van der Waals surface area contributed by atoms with E-state index in [1.807, 2.05) is 0 Å². The molecule has 2 heterocycles. The molecule has 2 aliphatic rings. The Morgan fingerprint density at radius 3 is 2.83 bits per heavy atom. The summed E-state index contributed by atoms with van der Waals surface area (Å²) < 4.78 is 5.42. The van der Waals surface area contributed by atoms with E-state index in [1.54, 1.807) is 0 Å². The molecule has 70 valence electrons. The first-order valence-corrected chi connectivity index (χ1v) is 5.14. The molecule has 2 rings (SSSR count). The van der Waals surface area contributed by atoms with Crippen LogP contribution in [0, 0.1) is 17.8 Å². The predicted molar refractivity (Wildman–Crippen MR) is 49.1 cm³/mol. The molecule has 2 aliphatic heterocycles. The third-order valence-corrected chi connectivity index (χ3v) is 3.24. The number of nitrogens with one attached hydrogen (secondary N) is 1. The topological polar surface area (TPSA) is 21.3 Å². The van der Waals surface area contributed by atoms with Crippen molar-refractivity contribution in [1.29, 1.82) is 0 Å². The van der Waals surface area contributed by atoms with E-state index in [2.05, 4.69) is 12.2 Å². The fraction of sp³-hybridized carbons (Fsp3) is 1.00. The molecule has 2 fully saturated rings. The molecule has 0 aliphatic carbocycles. The lowest BCUT2D eigenvalue weighted by Crippen LogP contribution is -2.38. The Bertz CT molecular complexity index is 143. The zero-order chi connectivity index (χ0) is 8.39. The molecule has 0 aromatic heterocycles. The molecule has 0 radical (unpaired) electrons. The average molecular weight is 169 g/mol. The molecule has 2 heteroatoms. The molecule has 0 bridgehead atoms. The second kappa shape index (κ2) is 3.75. The number of piperidine rings is 1. The van der Waals surface area contributed by atoms with E-state index in [4.69, 9.17) is 4.74 Å². The Hall–Kier alpha value is -0.0800. The summed E-state index contributed by atoms with van der Waals surface area (Å²) in [6.45, 7) is 6.78. The lowest BCUT2D eigenvalue weighted by molar-refractivity contribution is 0.155. The minimum Gasteiger partial charge on any atom is -0.381 e. The zero-order valence-corrected chi connectivity index (χ0v) is 7.88. The van der Waals surface area contributed by atoms with Crippen molar-refractivity contribution in [3.8, 4) is 0 Å². The maximum absolute atomic E-state index is 5.42. The molecule has 0 amide bonds. The van der Waals surface area contributed by atoms with Crippen LogP contribution in [-0.4, -0.2) is 26.3 Å². The summed E-state index contributed by atoms with van der Waals surface area (Å²) in [6, 6.07) is 0. The minimum absolute atomic E-state index is 0.847. The molecule has 0 aromatic rings. The van der Waals surface area contributed by atoms with Gasteiger partial charge in [-0.2, -0.15) is 0 Å². The fourth-order valence-electron chi connectivity index (χ4n) is 2.48. The van der Waals surface area contributed by atoms with Crippen LogP contribution in [0.3, 0.4) is 0 Å². The second-order valence-electron chi connectivity index (χ2n) is 4.38. The lowest BCUT2D eigenvalue weighted by Gasteiger charge is -2.31. The van der Waals surface area contributed by atoms with Crippen molar-refractivity contribution in [1.82, 2.24) is 5.32 Å². The van der Waals surface area contributed by atoms with Crippen LogP contribution in [0.2, 0.25) is 0 Å². The van der Waals surface area contributed by atoms with Crippen LogP contribution in [0.25, 0.3) is 0 Å². The lowest BCUT2D eigenvalue weighted by atomic mass is 9.82. The van der Waals surface area contributed by atoms with Crippen LogP contribution in [0.1, 0.15) is 19.8 Å². The molecular weight excluding hydrogens is 150 g/mol. The highest BCUT2D eigenvalue weighted by molar-refractivity contribution is 4.81. The highest BCUT2D eigenvalue weighted by Gasteiger charge is 2.28. The third-order valence-electron chi connectivity index (χ3n) is 3.24. The van der Waals surface area contributed by atoms with Gasteiger partial charge in [0.15, 0.2) is 0 Å². The summed E-state index contributed by atoms with van der Waals surface area (Å²) in [4.78, 5) is 0. The first kappa shape index (κ1) is 8.52. The van der Waals surface area contributed by atoms with Crippen molar-refractivity contribution in [2.75, 3.05) is 26.3 Å². The second-order valence-corrected chi connectivity index (χ2v) is 4.38. The summed E-state index contributed by atoms with van der Waals surface area (Å²) in [5.41, 5.74) is 0. The van der Waals surface area contributed by atoms with E-state index in [0.29, 0.717) is 0 Å². The molecule has 12 heavy (non-hydrogen) atoms. The number of rotatable bonds is 1. The quantitative estimate of drug-likeness (QED) is 0.638. The Kier molecular flexibility index (Phi) is 2.66. The van der Waals surface area contributed by atoms with Gasteiger partial charge < -0.3 is 10.1 Å². The highest BCUT2D eigenvalue weighted by Crippen LogP contribution is 2.28. The van der Waals surface area contributed by atoms with Gasteiger partial charge in [0.05, 0.1) is 0 Å². The molecule has 0 saturated carbocycles. The Morgan fingerprint density at radius 1 is 1.25 bits per heavy atom. The SMILES string of the molecule is CC1CNCC(C2CCOC2)C1. The van der Waals surface area contributed by atoms with E-state index in [1.165, 1.54) is 25.9 Å². The summed E-state index contributed by atoms with van der Waals surface area (Å²) >= 11 is 0. The van der Waals surface area contributed by atoms with Gasteiger partial charge in [0.2, 0.25) is 0 Å². The maximum atomic E-state index is 5.42. The molecule has 1 N–H and O–H groups in total. The third kappa shape index (κ3) is 1.80. The maximum Gasteiger partial charge on any atom is 0.0498 e. The van der Waals surface area contributed by atoms with Gasteiger partial charge in [-0.1, -0.05) is 6.92 Å². The van der Waals surface area contributed by atoms with Crippen LogP contribution in [0.5, 0.6) is 0 Å². The van der Waals surface area contributed by atoms with Gasteiger partial charge in [-0.05, 0) is 43.7 Å². The van der Waals surface area contributed by atoms with Crippen LogP contribution < -0.4 is 5.32 Å². The van der Waals surface area contributed by atoms with E-state index < -0.39 is 0 Å². The van der Waals surface area contributed by atoms with Gasteiger partial charge in [0, 0.05) is 13.2 Å². The molecular formula is C10H19NO. The number of hydrogen-bond acceptors (Lipinski definition) is 2. The first-order chi connectivity index (χ1) is 5.86. The van der Waals surface area contributed by atoms with Gasteiger partial charge in [-0.15, -0.1) is 0 Å². The molecule has 0 aromatic carbocycles. The van der Waals surface area contributed by atoms with Crippen LogP contribution in [-0.2, 0) is 4.74 Å². The number of ether oxygens (including phenoxy) is 1. The first-order valence-electron chi connectivity index (χ1n) is 5.14. The van der Waals surface area contributed by atoms with Crippen molar-refractivity contribution in [2.24, 2.45) is 17.8 Å². The van der Waals surface area contributed by atoms with E-state index >= 15 is 0 Å². The molecule has 0 spiro atoms. The number of hydrogen-bond donors (Lipinski definition) is 1. The van der Waals surface area contributed by atoms with E-state index in [0.717, 1.165) is 31.0 Å². The minimum atomic E-state index is 0.847. The summed E-state index contributed by atoms with van der Waals surface area (Å²) in [6.07, 6.45) is 2.69. The standard InChI is InChI=1S/C10H19NO/c1-8-4-10(6-11-5-8)9-2-3-12-7-9/h8-11H,2-7H2,1H3. The van der Waals surface area contributed by atoms with Crippen molar-refractivity contribution >= 4 is 0 Å². The van der Waals surface area contributed by atoms with E-state index in [9.17, 15) is 0 Å². The fourth-order valence-corrected chi connectivity index (χ4v) is 2.48. The van der Waals surface area contributed by atoms with Crippen LogP contribution in [0.4, 0.5) is 0 Å². The van der Waals surface area contributed by atoms with Gasteiger partial charge in [-0.3, -0.25) is 0 Å². The Balaban J connectivity index is 1.85. The van der Waals surface area contributed by atoms with Crippen molar-refractivity contribution in [3.63, 3.8) is 0 Å². The molecule has 3 unspecified atom stereocenters. The predicted octanol–water partition coefficient (Wildman–Crippen LogP) is 1.27. The summed E-state index contributed by atoms with van der Waals surface area (Å²) in [5, 5.41) is 3.51. The van der Waals surface area contributed by atoms with Gasteiger partial charge in [0.25, 0.3) is 0 Å². The molecule has 2 nitrogen and oxygen atoms in total.